The van der Waals surface area contributed by atoms with E-state index in [1.165, 1.54) is 13.4 Å². The van der Waals surface area contributed by atoms with E-state index in [9.17, 15) is 9.90 Å². The Morgan fingerprint density at radius 2 is 1.97 bits per heavy atom. The van der Waals surface area contributed by atoms with Crippen molar-refractivity contribution in [1.29, 1.82) is 0 Å². The van der Waals surface area contributed by atoms with Gasteiger partial charge in [-0.3, -0.25) is 4.98 Å². The van der Waals surface area contributed by atoms with Crippen LogP contribution >= 0.6 is 0 Å². The highest BCUT2D eigenvalue weighted by Gasteiger charge is 2.16. The number of nitrogens with zero attached hydrogens (tertiary/aromatic N) is 2. The lowest BCUT2D eigenvalue weighted by atomic mass is 10.0. The summed E-state index contributed by atoms with van der Waals surface area (Å²) in [6.45, 7) is 4.05. The Bertz CT molecular complexity index is 849. The molecule has 1 unspecified atom stereocenters. The second-order valence-electron chi connectivity index (χ2n) is 6.11. The first-order valence-electron chi connectivity index (χ1n) is 9.41. The van der Waals surface area contributed by atoms with Crippen LogP contribution in [0.2, 0.25) is 0 Å². The summed E-state index contributed by atoms with van der Waals surface area (Å²) >= 11 is 0. The van der Waals surface area contributed by atoms with E-state index in [4.69, 9.17) is 14.3 Å². The molecule has 0 aliphatic rings. The number of carbonyl (C=O) groups is 1. The summed E-state index contributed by atoms with van der Waals surface area (Å²) in [6, 6.07) is 12.7. The minimum atomic E-state index is -1.08. The van der Waals surface area contributed by atoms with Crippen molar-refractivity contribution in [2.75, 3.05) is 7.11 Å². The van der Waals surface area contributed by atoms with Crippen molar-refractivity contribution in [3.05, 3.63) is 71.7 Å². The molecule has 0 saturated heterocycles. The second kappa shape index (κ2) is 11.5. The Kier molecular flexibility index (Phi) is 8.69. The first-order valence-corrected chi connectivity index (χ1v) is 9.41. The van der Waals surface area contributed by atoms with E-state index in [0.29, 0.717) is 29.9 Å². The van der Waals surface area contributed by atoms with Crippen LogP contribution in [-0.4, -0.2) is 29.1 Å². The molecule has 1 aromatic heterocycles. The number of oxime groups is 1. The van der Waals surface area contributed by atoms with E-state index >= 15 is 0 Å². The van der Waals surface area contributed by atoms with Crippen LogP contribution in [-0.2, 0) is 25.7 Å². The molecular formula is C22H26N2O5. The summed E-state index contributed by atoms with van der Waals surface area (Å²) in [5.74, 6) is -0.657. The number of rotatable bonds is 10. The summed E-state index contributed by atoms with van der Waals surface area (Å²) in [7, 11) is 1.41. The van der Waals surface area contributed by atoms with Crippen molar-refractivity contribution >= 4 is 17.4 Å². The number of carboxylic acids is 1. The SMILES string of the molecule is CC/C(=N/OC(CC)c1ccccn1)OCc1ccccc1/C(=C\OC)C(=O)O. The largest absolute Gasteiger partial charge is 0.503 e. The second-order valence-corrected chi connectivity index (χ2v) is 6.11. The molecule has 1 heterocycles. The molecule has 7 nitrogen and oxygen atoms in total. The van der Waals surface area contributed by atoms with Crippen LogP contribution in [0.4, 0.5) is 0 Å². The fourth-order valence-electron chi connectivity index (χ4n) is 2.64. The van der Waals surface area contributed by atoms with Gasteiger partial charge in [0.25, 0.3) is 0 Å². The number of aliphatic carboxylic acids is 1. The predicted octanol–water partition coefficient (Wildman–Crippen LogP) is 4.56. The molecule has 154 valence electrons. The smallest absolute Gasteiger partial charge is 0.339 e. The van der Waals surface area contributed by atoms with Gasteiger partial charge in [-0.15, -0.1) is 0 Å². The van der Waals surface area contributed by atoms with Gasteiger partial charge in [-0.2, -0.15) is 0 Å². The molecule has 1 atom stereocenters. The number of pyridine rings is 1. The first kappa shape index (κ1) is 21.9. The molecule has 0 amide bonds. The van der Waals surface area contributed by atoms with Crippen molar-refractivity contribution in [2.24, 2.45) is 5.16 Å². The molecule has 0 saturated carbocycles. The Labute approximate surface area is 170 Å². The zero-order chi connectivity index (χ0) is 21.1. The van der Waals surface area contributed by atoms with Crippen LogP contribution in [0.1, 0.15) is 49.6 Å². The number of hydrogen-bond acceptors (Lipinski definition) is 6. The third-order valence-electron chi connectivity index (χ3n) is 4.14. The summed E-state index contributed by atoms with van der Waals surface area (Å²) in [6.07, 6.45) is 3.90. The maximum Gasteiger partial charge on any atom is 0.339 e. The third-order valence-corrected chi connectivity index (χ3v) is 4.14. The lowest BCUT2D eigenvalue weighted by Crippen LogP contribution is -2.10. The Balaban J connectivity index is 2.12. The maximum atomic E-state index is 11.5. The molecule has 1 N–H and O–H groups in total. The van der Waals surface area contributed by atoms with Crippen LogP contribution in [0, 0.1) is 0 Å². The highest BCUT2D eigenvalue weighted by molar-refractivity contribution is 6.15. The van der Waals surface area contributed by atoms with Gasteiger partial charge < -0.3 is 19.4 Å². The Morgan fingerprint density at radius 1 is 1.21 bits per heavy atom. The molecule has 2 rings (SSSR count). The maximum absolute atomic E-state index is 11.5. The minimum Gasteiger partial charge on any atom is -0.503 e. The molecule has 0 spiro atoms. The molecule has 0 aliphatic heterocycles. The van der Waals surface area contributed by atoms with E-state index in [0.717, 1.165) is 5.69 Å². The van der Waals surface area contributed by atoms with E-state index < -0.39 is 5.97 Å². The average molecular weight is 398 g/mol. The van der Waals surface area contributed by atoms with E-state index in [-0.39, 0.29) is 18.3 Å². The van der Waals surface area contributed by atoms with Crippen LogP contribution in [0.3, 0.4) is 0 Å². The molecule has 7 heteroatoms. The topological polar surface area (TPSA) is 90.2 Å². The minimum absolute atomic E-state index is 0.0548. The Hall–Kier alpha value is -3.35. The predicted molar refractivity (Wildman–Crippen MR) is 110 cm³/mol. The normalized spacial score (nSPS) is 12.9. The van der Waals surface area contributed by atoms with Crippen LogP contribution in [0.15, 0.2) is 60.1 Å². The molecule has 0 aliphatic carbocycles. The number of aromatic nitrogens is 1. The first-order chi connectivity index (χ1) is 14.1. The van der Waals surface area contributed by atoms with Crippen LogP contribution in [0.25, 0.3) is 5.57 Å². The van der Waals surface area contributed by atoms with Gasteiger partial charge in [-0.1, -0.05) is 49.3 Å². The number of carboxylic acid groups (broad SMARTS) is 1. The van der Waals surface area contributed by atoms with E-state index in [2.05, 4.69) is 10.1 Å². The molecule has 1 aromatic carbocycles. The monoisotopic (exact) mass is 398 g/mol. The lowest BCUT2D eigenvalue weighted by Gasteiger charge is -2.15. The van der Waals surface area contributed by atoms with Crippen LogP contribution < -0.4 is 0 Å². The zero-order valence-electron chi connectivity index (χ0n) is 16.9. The van der Waals surface area contributed by atoms with Crippen molar-refractivity contribution < 1.29 is 24.2 Å². The van der Waals surface area contributed by atoms with E-state index in [1.807, 2.05) is 38.1 Å². The van der Waals surface area contributed by atoms with Gasteiger partial charge in [0.15, 0.2) is 6.10 Å². The van der Waals surface area contributed by atoms with Crippen molar-refractivity contribution in [1.82, 2.24) is 4.98 Å². The van der Waals surface area contributed by atoms with Crippen LogP contribution in [0.5, 0.6) is 0 Å². The molecule has 0 fully saturated rings. The molecule has 2 aromatic rings. The summed E-state index contributed by atoms with van der Waals surface area (Å²) in [4.78, 5) is 21.5. The number of hydrogen-bond donors (Lipinski definition) is 1. The van der Waals surface area contributed by atoms with Gasteiger partial charge in [0.1, 0.15) is 12.2 Å². The average Bonchev–Trinajstić information content (AvgIpc) is 2.75. The molecule has 0 radical (unpaired) electrons. The fourth-order valence-corrected chi connectivity index (χ4v) is 2.64. The highest BCUT2D eigenvalue weighted by Crippen LogP contribution is 2.22. The van der Waals surface area contributed by atoms with Gasteiger partial charge in [0, 0.05) is 12.6 Å². The quantitative estimate of drug-likeness (QED) is 0.207. The van der Waals surface area contributed by atoms with Gasteiger partial charge >= 0.3 is 5.97 Å². The fraction of sp³-hybridized carbons (Fsp3) is 0.318. The Morgan fingerprint density at radius 3 is 2.59 bits per heavy atom. The van der Waals surface area contributed by atoms with Crippen molar-refractivity contribution in [2.45, 2.75) is 39.4 Å². The van der Waals surface area contributed by atoms with Gasteiger partial charge in [0.05, 0.1) is 19.1 Å². The summed E-state index contributed by atoms with van der Waals surface area (Å²) < 4.78 is 10.7. The third kappa shape index (κ3) is 6.34. The van der Waals surface area contributed by atoms with E-state index in [1.54, 1.807) is 24.4 Å². The van der Waals surface area contributed by atoms with Gasteiger partial charge in [-0.05, 0) is 29.7 Å². The number of ether oxygens (including phenoxy) is 2. The molecular weight excluding hydrogens is 372 g/mol. The van der Waals surface area contributed by atoms with Crippen molar-refractivity contribution in [3.8, 4) is 0 Å². The summed E-state index contributed by atoms with van der Waals surface area (Å²) in [5, 5.41) is 13.6. The zero-order valence-corrected chi connectivity index (χ0v) is 16.9. The van der Waals surface area contributed by atoms with Gasteiger partial charge in [0.2, 0.25) is 5.90 Å². The summed E-state index contributed by atoms with van der Waals surface area (Å²) in [5.41, 5.74) is 2.09. The standard InChI is InChI=1S/C22H26N2O5/c1-4-20(19-12-8-9-13-23-19)29-24-21(5-2)28-14-16-10-6-7-11-17(16)18(15-27-3)22(25)26/h6-13,15,20H,4-5,14H2,1-3H3,(H,25,26)/b18-15+,24-21-. The highest BCUT2D eigenvalue weighted by atomic mass is 16.7. The number of benzene rings is 1. The lowest BCUT2D eigenvalue weighted by molar-refractivity contribution is -0.130. The van der Waals surface area contributed by atoms with Gasteiger partial charge in [-0.25, -0.2) is 4.79 Å². The van der Waals surface area contributed by atoms with Crippen molar-refractivity contribution in [3.63, 3.8) is 0 Å². The molecule has 0 bridgehead atoms. The molecule has 29 heavy (non-hydrogen) atoms. The number of methoxy groups -OCH3 is 1.